The predicted molar refractivity (Wildman–Crippen MR) is 89.4 cm³/mol. The fourth-order valence-corrected chi connectivity index (χ4v) is 3.42. The molecule has 0 bridgehead atoms. The van der Waals surface area contributed by atoms with Gasteiger partial charge in [-0.05, 0) is 0 Å². The fraction of sp³-hybridized carbons (Fsp3) is 0.444. The summed E-state index contributed by atoms with van der Waals surface area (Å²) in [7, 11) is 0. The molecule has 0 aromatic heterocycles. The Balaban J connectivity index is 2.03. The van der Waals surface area contributed by atoms with Crippen LogP contribution in [0.4, 0.5) is 0 Å². The average Bonchev–Trinajstić information content (AvgIpc) is 2.59. The summed E-state index contributed by atoms with van der Waals surface area (Å²) in [6.07, 6.45) is 5.50. The Morgan fingerprint density at radius 3 is 2.77 bits per heavy atom. The Bertz CT molecular complexity index is 562. The first-order chi connectivity index (χ1) is 10.7. The minimum atomic E-state index is 0.0961. The topological polar surface area (TPSA) is 44.1 Å². The molecule has 0 aliphatic heterocycles. The number of nitrogens with zero attached hydrogens (tertiary/aromatic N) is 2. The predicted octanol–water partition coefficient (Wildman–Crippen LogP) is 3.16. The van der Waals surface area contributed by atoms with Gasteiger partial charge in [0, 0.05) is 0 Å². The zero-order chi connectivity index (χ0) is 15.8. The number of nitriles is 1. The molecule has 2 rings (SSSR count). The monoisotopic (exact) mass is 362 g/mol. The van der Waals surface area contributed by atoms with E-state index >= 15 is 0 Å². The Morgan fingerprint density at radius 1 is 1.41 bits per heavy atom. The van der Waals surface area contributed by atoms with Crippen molar-refractivity contribution in [3.05, 3.63) is 47.5 Å². The van der Waals surface area contributed by atoms with E-state index in [9.17, 15) is 4.79 Å². The van der Waals surface area contributed by atoms with Gasteiger partial charge in [0.2, 0.25) is 0 Å². The van der Waals surface area contributed by atoms with Crippen molar-refractivity contribution in [1.82, 2.24) is 4.90 Å². The SMILES string of the molecule is C[Se]C(=O)CCN(Cc1ccccc1)C1CC=C(C#N)CC1. The second kappa shape index (κ2) is 8.90. The first kappa shape index (κ1) is 17.0. The van der Waals surface area contributed by atoms with Crippen LogP contribution in [0.25, 0.3) is 0 Å². The number of allylic oxidation sites excluding steroid dienone is 1. The summed E-state index contributed by atoms with van der Waals surface area (Å²) in [4.78, 5) is 14.1. The van der Waals surface area contributed by atoms with Gasteiger partial charge in [-0.25, -0.2) is 0 Å². The van der Waals surface area contributed by atoms with E-state index < -0.39 is 0 Å². The van der Waals surface area contributed by atoms with Gasteiger partial charge in [-0.1, -0.05) is 0 Å². The van der Waals surface area contributed by atoms with Crippen LogP contribution in [0.15, 0.2) is 42.0 Å². The van der Waals surface area contributed by atoms with Crippen molar-refractivity contribution >= 4 is 19.6 Å². The van der Waals surface area contributed by atoms with Crippen LogP contribution in [-0.2, 0) is 11.3 Å². The van der Waals surface area contributed by atoms with Gasteiger partial charge in [0.25, 0.3) is 0 Å². The molecule has 1 aromatic carbocycles. The quantitative estimate of drug-likeness (QED) is 0.701. The van der Waals surface area contributed by atoms with Gasteiger partial charge < -0.3 is 0 Å². The summed E-state index contributed by atoms with van der Waals surface area (Å²) >= 11 is 0.0961. The number of carbonyl (C=O) groups excluding carboxylic acids is 1. The van der Waals surface area contributed by atoms with Crippen LogP contribution in [0.5, 0.6) is 0 Å². The molecule has 0 radical (unpaired) electrons. The molecule has 22 heavy (non-hydrogen) atoms. The zero-order valence-electron chi connectivity index (χ0n) is 13.0. The third-order valence-electron chi connectivity index (χ3n) is 4.10. The third kappa shape index (κ3) is 5.10. The number of carbonyl (C=O) groups is 1. The van der Waals surface area contributed by atoms with Crippen LogP contribution in [0, 0.1) is 11.3 Å². The molecule has 0 saturated heterocycles. The Morgan fingerprint density at radius 2 is 2.18 bits per heavy atom. The third-order valence-corrected chi connectivity index (χ3v) is 5.49. The molecule has 0 amide bonds. The van der Waals surface area contributed by atoms with Crippen LogP contribution in [0.3, 0.4) is 0 Å². The molecule has 0 N–H and O–H groups in total. The molecule has 1 aromatic rings. The van der Waals surface area contributed by atoms with E-state index in [0.717, 1.165) is 37.9 Å². The molecule has 0 heterocycles. The number of hydrogen-bond acceptors (Lipinski definition) is 3. The van der Waals surface area contributed by atoms with Crippen LogP contribution >= 0.6 is 0 Å². The first-order valence-corrected chi connectivity index (χ1v) is 10.2. The summed E-state index contributed by atoms with van der Waals surface area (Å²) in [5, 5.41) is 8.98. The minimum absolute atomic E-state index is 0.0961. The van der Waals surface area contributed by atoms with E-state index in [1.807, 2.05) is 11.9 Å². The summed E-state index contributed by atoms with van der Waals surface area (Å²) in [6.45, 7) is 1.70. The Hall–Kier alpha value is -1.40. The average molecular weight is 361 g/mol. The summed E-state index contributed by atoms with van der Waals surface area (Å²) in [5.74, 6) is 1.99. The van der Waals surface area contributed by atoms with Gasteiger partial charge in [0.05, 0.1) is 0 Å². The molecule has 1 unspecified atom stereocenters. The van der Waals surface area contributed by atoms with E-state index in [0.29, 0.717) is 17.1 Å². The first-order valence-electron chi connectivity index (χ1n) is 7.67. The molecule has 4 heteroatoms. The summed E-state index contributed by atoms with van der Waals surface area (Å²) < 4.78 is 0.384. The van der Waals surface area contributed by atoms with Crippen molar-refractivity contribution in [1.29, 1.82) is 5.26 Å². The number of hydrogen-bond donors (Lipinski definition) is 0. The van der Waals surface area contributed by atoms with Gasteiger partial charge >= 0.3 is 139 Å². The zero-order valence-corrected chi connectivity index (χ0v) is 14.7. The van der Waals surface area contributed by atoms with Crippen molar-refractivity contribution in [3.63, 3.8) is 0 Å². The van der Waals surface area contributed by atoms with E-state index in [-0.39, 0.29) is 15.0 Å². The molecular weight excluding hydrogens is 339 g/mol. The number of rotatable bonds is 7. The van der Waals surface area contributed by atoms with Crippen LogP contribution < -0.4 is 0 Å². The van der Waals surface area contributed by atoms with E-state index in [1.165, 1.54) is 5.56 Å². The van der Waals surface area contributed by atoms with Gasteiger partial charge in [0.15, 0.2) is 0 Å². The molecule has 3 nitrogen and oxygen atoms in total. The normalized spacial score (nSPS) is 17.9. The molecule has 0 fully saturated rings. The van der Waals surface area contributed by atoms with E-state index in [1.54, 1.807) is 0 Å². The molecule has 0 saturated carbocycles. The van der Waals surface area contributed by atoms with Crippen molar-refractivity contribution < 1.29 is 4.79 Å². The summed E-state index contributed by atoms with van der Waals surface area (Å²) in [5.41, 5.74) is 2.19. The molecule has 1 aliphatic carbocycles. The van der Waals surface area contributed by atoms with E-state index in [2.05, 4.69) is 41.3 Å². The van der Waals surface area contributed by atoms with Gasteiger partial charge in [-0.15, -0.1) is 0 Å². The van der Waals surface area contributed by atoms with Crippen molar-refractivity contribution in [2.75, 3.05) is 6.54 Å². The maximum absolute atomic E-state index is 11.7. The molecular formula is C18H22N2OSe. The van der Waals surface area contributed by atoms with E-state index in [4.69, 9.17) is 5.26 Å². The standard InChI is InChI=1S/C18H22N2OSe/c1-22-18(21)11-12-20(14-16-5-3-2-4-6-16)17-9-7-15(13-19)8-10-17/h2-7,17H,8-12,14H2,1H3. The Labute approximate surface area is 139 Å². The second-order valence-electron chi connectivity index (χ2n) is 5.55. The van der Waals surface area contributed by atoms with Gasteiger partial charge in [-0.2, -0.15) is 0 Å². The van der Waals surface area contributed by atoms with Crippen molar-refractivity contribution in [2.45, 2.75) is 44.1 Å². The Kier molecular flexibility index (Phi) is 6.86. The number of benzene rings is 1. The van der Waals surface area contributed by atoms with Gasteiger partial charge in [-0.3, -0.25) is 0 Å². The maximum atomic E-state index is 11.7. The van der Waals surface area contributed by atoms with Gasteiger partial charge in [0.1, 0.15) is 0 Å². The van der Waals surface area contributed by atoms with Crippen molar-refractivity contribution in [2.24, 2.45) is 0 Å². The van der Waals surface area contributed by atoms with Crippen LogP contribution in [-0.4, -0.2) is 37.1 Å². The summed E-state index contributed by atoms with van der Waals surface area (Å²) in [6, 6.07) is 13.1. The van der Waals surface area contributed by atoms with Crippen LogP contribution in [0.1, 0.15) is 31.2 Å². The molecule has 1 atom stereocenters. The van der Waals surface area contributed by atoms with Crippen LogP contribution in [0.2, 0.25) is 5.82 Å². The molecule has 116 valence electrons. The molecule has 1 aliphatic rings. The van der Waals surface area contributed by atoms with Crippen molar-refractivity contribution in [3.8, 4) is 6.07 Å². The fourth-order valence-electron chi connectivity index (χ4n) is 2.80. The second-order valence-corrected chi connectivity index (χ2v) is 7.36. The molecule has 0 spiro atoms.